The molecular formula is C25H32N2O5. The van der Waals surface area contributed by atoms with E-state index in [2.05, 4.69) is 22.3 Å². The molecular weight excluding hydrogens is 408 g/mol. The van der Waals surface area contributed by atoms with Crippen LogP contribution in [0.15, 0.2) is 36.4 Å². The van der Waals surface area contributed by atoms with Crippen molar-refractivity contribution in [2.45, 2.75) is 38.3 Å². The highest BCUT2D eigenvalue weighted by Crippen LogP contribution is 2.38. The van der Waals surface area contributed by atoms with E-state index in [0.717, 1.165) is 54.4 Å². The zero-order valence-electron chi connectivity index (χ0n) is 19.1. The SMILES string of the molecule is COc1ccc(OC)c([C@@H](C)NC(=O)CN2CCC[C@@H]2c2ccc3c(c2)OCCCO3)c1. The Kier molecular flexibility index (Phi) is 7.05. The first-order valence-electron chi connectivity index (χ1n) is 11.2. The van der Waals surface area contributed by atoms with Gasteiger partial charge in [-0.15, -0.1) is 0 Å². The van der Waals surface area contributed by atoms with Crippen LogP contribution >= 0.6 is 0 Å². The lowest BCUT2D eigenvalue weighted by molar-refractivity contribution is -0.123. The van der Waals surface area contributed by atoms with Gasteiger partial charge in [0.15, 0.2) is 11.5 Å². The summed E-state index contributed by atoms with van der Waals surface area (Å²) in [7, 11) is 3.26. The van der Waals surface area contributed by atoms with Gasteiger partial charge >= 0.3 is 0 Å². The van der Waals surface area contributed by atoms with E-state index in [1.165, 1.54) is 5.56 Å². The van der Waals surface area contributed by atoms with E-state index in [0.29, 0.717) is 19.8 Å². The summed E-state index contributed by atoms with van der Waals surface area (Å²) >= 11 is 0. The number of carbonyl (C=O) groups excluding carboxylic acids is 1. The number of rotatable bonds is 7. The standard InChI is InChI=1S/C25H32N2O5/c1-17(20-15-19(29-2)8-10-22(20)30-3)26-25(28)16-27-11-4-6-21(27)18-7-9-23-24(14-18)32-13-5-12-31-23/h7-10,14-15,17,21H,4-6,11-13,16H2,1-3H3,(H,26,28)/t17-,21-/m1/s1. The molecule has 1 saturated heterocycles. The van der Waals surface area contributed by atoms with Crippen molar-refractivity contribution in [3.63, 3.8) is 0 Å². The van der Waals surface area contributed by atoms with Gasteiger partial charge in [-0.3, -0.25) is 9.69 Å². The molecule has 2 atom stereocenters. The Labute approximate surface area is 189 Å². The first-order valence-corrected chi connectivity index (χ1v) is 11.2. The van der Waals surface area contributed by atoms with Gasteiger partial charge in [0.05, 0.1) is 40.0 Å². The first kappa shape index (κ1) is 22.3. The molecule has 2 heterocycles. The summed E-state index contributed by atoms with van der Waals surface area (Å²) in [6.07, 6.45) is 2.97. The van der Waals surface area contributed by atoms with Gasteiger partial charge < -0.3 is 24.3 Å². The number of benzene rings is 2. The van der Waals surface area contributed by atoms with Crippen molar-refractivity contribution in [3.05, 3.63) is 47.5 Å². The average Bonchev–Trinajstić information content (AvgIpc) is 3.13. The van der Waals surface area contributed by atoms with Crippen LogP contribution in [0.2, 0.25) is 0 Å². The van der Waals surface area contributed by atoms with Gasteiger partial charge in [-0.25, -0.2) is 0 Å². The van der Waals surface area contributed by atoms with Crippen LogP contribution in [0.1, 0.15) is 49.4 Å². The summed E-state index contributed by atoms with van der Waals surface area (Å²) in [4.78, 5) is 15.2. The number of nitrogens with one attached hydrogen (secondary N) is 1. The molecule has 1 N–H and O–H groups in total. The second-order valence-electron chi connectivity index (χ2n) is 8.28. The molecule has 2 aromatic carbocycles. The Morgan fingerprint density at radius 3 is 2.69 bits per heavy atom. The quantitative estimate of drug-likeness (QED) is 0.705. The predicted octanol–water partition coefficient (Wildman–Crippen LogP) is 3.88. The fourth-order valence-electron chi connectivity index (χ4n) is 4.51. The van der Waals surface area contributed by atoms with Gasteiger partial charge in [0.2, 0.25) is 5.91 Å². The number of nitrogens with zero attached hydrogens (tertiary/aromatic N) is 1. The van der Waals surface area contributed by atoms with Crippen molar-refractivity contribution >= 4 is 5.91 Å². The van der Waals surface area contributed by atoms with E-state index in [-0.39, 0.29) is 18.0 Å². The zero-order chi connectivity index (χ0) is 22.5. The van der Waals surface area contributed by atoms with E-state index in [1.54, 1.807) is 14.2 Å². The fourth-order valence-corrected chi connectivity index (χ4v) is 4.51. The van der Waals surface area contributed by atoms with Gasteiger partial charge in [0, 0.05) is 18.0 Å². The van der Waals surface area contributed by atoms with Crippen LogP contribution in [-0.2, 0) is 4.79 Å². The number of methoxy groups -OCH3 is 2. The summed E-state index contributed by atoms with van der Waals surface area (Å²) in [5.74, 6) is 3.05. The molecule has 1 amide bonds. The number of amides is 1. The maximum absolute atomic E-state index is 12.9. The molecule has 0 saturated carbocycles. The largest absolute Gasteiger partial charge is 0.497 e. The smallest absolute Gasteiger partial charge is 0.234 e. The van der Waals surface area contributed by atoms with Gasteiger partial charge in [-0.1, -0.05) is 6.07 Å². The average molecular weight is 441 g/mol. The monoisotopic (exact) mass is 440 g/mol. The van der Waals surface area contributed by atoms with Crippen molar-refractivity contribution < 1.29 is 23.7 Å². The number of hydrogen-bond donors (Lipinski definition) is 1. The highest BCUT2D eigenvalue weighted by molar-refractivity contribution is 5.78. The fraction of sp³-hybridized carbons (Fsp3) is 0.480. The number of carbonyl (C=O) groups is 1. The lowest BCUT2D eigenvalue weighted by atomic mass is 10.0. The van der Waals surface area contributed by atoms with Crippen LogP contribution in [0.5, 0.6) is 23.0 Å². The maximum atomic E-state index is 12.9. The Balaban J connectivity index is 1.42. The molecule has 2 aliphatic rings. The van der Waals surface area contributed by atoms with E-state index < -0.39 is 0 Å². The topological polar surface area (TPSA) is 69.3 Å². The van der Waals surface area contributed by atoms with Gasteiger partial charge in [-0.2, -0.15) is 0 Å². The minimum Gasteiger partial charge on any atom is -0.497 e. The lowest BCUT2D eigenvalue weighted by Gasteiger charge is -2.26. The molecule has 32 heavy (non-hydrogen) atoms. The summed E-state index contributed by atoms with van der Waals surface area (Å²) in [6.45, 7) is 4.54. The van der Waals surface area contributed by atoms with Crippen LogP contribution in [-0.4, -0.2) is 51.3 Å². The second kappa shape index (κ2) is 10.1. The number of hydrogen-bond acceptors (Lipinski definition) is 6. The molecule has 0 radical (unpaired) electrons. The molecule has 1 fully saturated rings. The van der Waals surface area contributed by atoms with Crippen LogP contribution in [0.25, 0.3) is 0 Å². The normalized spacial score (nSPS) is 19.2. The minimum absolute atomic E-state index is 0.0105. The maximum Gasteiger partial charge on any atom is 0.234 e. The Bertz CT molecular complexity index is 948. The van der Waals surface area contributed by atoms with E-state index in [1.807, 2.05) is 31.2 Å². The predicted molar refractivity (Wildman–Crippen MR) is 122 cm³/mol. The zero-order valence-corrected chi connectivity index (χ0v) is 19.1. The van der Waals surface area contributed by atoms with Crippen molar-refractivity contribution in [2.75, 3.05) is 40.5 Å². The van der Waals surface area contributed by atoms with Gasteiger partial charge in [0.25, 0.3) is 0 Å². The third kappa shape index (κ3) is 4.93. The molecule has 172 valence electrons. The van der Waals surface area contributed by atoms with Crippen LogP contribution in [0.4, 0.5) is 0 Å². The number of ether oxygens (including phenoxy) is 4. The summed E-state index contributed by atoms with van der Waals surface area (Å²) < 4.78 is 22.4. The molecule has 2 aromatic rings. The Morgan fingerprint density at radius 2 is 1.91 bits per heavy atom. The first-order chi connectivity index (χ1) is 15.6. The van der Waals surface area contributed by atoms with E-state index >= 15 is 0 Å². The molecule has 2 aliphatic heterocycles. The molecule has 7 nitrogen and oxygen atoms in total. The summed E-state index contributed by atoms with van der Waals surface area (Å²) in [5.41, 5.74) is 2.06. The molecule has 0 aromatic heterocycles. The van der Waals surface area contributed by atoms with Crippen molar-refractivity contribution in [1.29, 1.82) is 0 Å². The lowest BCUT2D eigenvalue weighted by Crippen LogP contribution is -2.38. The molecule has 0 spiro atoms. The van der Waals surface area contributed by atoms with Gasteiger partial charge in [-0.05, 0) is 62.2 Å². The Morgan fingerprint density at radius 1 is 1.09 bits per heavy atom. The second-order valence-corrected chi connectivity index (χ2v) is 8.28. The summed E-state index contributed by atoms with van der Waals surface area (Å²) in [6, 6.07) is 11.8. The molecule has 4 rings (SSSR count). The third-order valence-corrected chi connectivity index (χ3v) is 6.15. The highest BCUT2D eigenvalue weighted by atomic mass is 16.5. The minimum atomic E-state index is -0.202. The molecule has 0 aliphatic carbocycles. The highest BCUT2D eigenvalue weighted by Gasteiger charge is 2.29. The van der Waals surface area contributed by atoms with Crippen molar-refractivity contribution in [2.24, 2.45) is 0 Å². The van der Waals surface area contributed by atoms with Crippen molar-refractivity contribution in [1.82, 2.24) is 10.2 Å². The van der Waals surface area contributed by atoms with Crippen LogP contribution < -0.4 is 24.3 Å². The molecule has 0 unspecified atom stereocenters. The van der Waals surface area contributed by atoms with Crippen LogP contribution in [0.3, 0.4) is 0 Å². The summed E-state index contributed by atoms with van der Waals surface area (Å²) in [5, 5.41) is 3.12. The molecule has 7 heteroatoms. The molecule has 0 bridgehead atoms. The van der Waals surface area contributed by atoms with Gasteiger partial charge in [0.1, 0.15) is 11.5 Å². The number of likely N-dealkylation sites (tertiary alicyclic amines) is 1. The van der Waals surface area contributed by atoms with E-state index in [9.17, 15) is 4.79 Å². The number of fused-ring (bicyclic) bond motifs is 1. The third-order valence-electron chi connectivity index (χ3n) is 6.15. The Hall–Kier alpha value is -2.93. The van der Waals surface area contributed by atoms with Crippen molar-refractivity contribution in [3.8, 4) is 23.0 Å². The van der Waals surface area contributed by atoms with E-state index in [4.69, 9.17) is 18.9 Å². The van der Waals surface area contributed by atoms with Crippen LogP contribution in [0, 0.1) is 0 Å².